The van der Waals surface area contributed by atoms with Crippen molar-refractivity contribution in [2.75, 3.05) is 25.0 Å². The molecule has 1 fully saturated rings. The van der Waals surface area contributed by atoms with Gasteiger partial charge in [-0.1, -0.05) is 12.1 Å². The van der Waals surface area contributed by atoms with E-state index in [2.05, 4.69) is 5.32 Å². The van der Waals surface area contributed by atoms with Crippen molar-refractivity contribution in [1.82, 2.24) is 4.90 Å². The first kappa shape index (κ1) is 15.2. The highest BCUT2D eigenvalue weighted by Gasteiger charge is 2.25. The first-order chi connectivity index (χ1) is 10.1. The molecule has 1 saturated heterocycles. The molecule has 1 amide bonds. The maximum absolute atomic E-state index is 12.3. The van der Waals surface area contributed by atoms with Gasteiger partial charge >= 0.3 is 0 Å². The minimum absolute atomic E-state index is 0.0284. The predicted octanol–water partition coefficient (Wildman–Crippen LogP) is 1.35. The number of piperidine rings is 1. The molecule has 1 heterocycles. The van der Waals surface area contributed by atoms with Gasteiger partial charge in [0.15, 0.2) is 0 Å². The molecule has 0 aliphatic carbocycles. The lowest BCUT2D eigenvalue weighted by atomic mass is 10.0. The number of benzene rings is 1. The maximum atomic E-state index is 12.3. The summed E-state index contributed by atoms with van der Waals surface area (Å²) in [6, 6.07) is 6.39. The van der Waals surface area contributed by atoms with Crippen molar-refractivity contribution >= 4 is 17.3 Å². The van der Waals surface area contributed by atoms with E-state index >= 15 is 0 Å². The van der Waals surface area contributed by atoms with Crippen LogP contribution in [0.1, 0.15) is 19.3 Å². The van der Waals surface area contributed by atoms with Crippen molar-refractivity contribution < 1.29 is 9.72 Å². The van der Waals surface area contributed by atoms with E-state index in [-0.39, 0.29) is 24.2 Å². The summed E-state index contributed by atoms with van der Waals surface area (Å²) < 4.78 is 0. The standard InChI is InChI=1S/C14H20N4O3/c15-9-11-5-3-4-8-17(11)14(19)10-16-12-6-1-2-7-13(12)18(20)21/h1-2,6-7,11,16H,3-5,8-10,15H2. The number of nitrogens with zero attached hydrogens (tertiary/aromatic N) is 2. The third-order valence-corrected chi connectivity index (χ3v) is 3.75. The van der Waals surface area contributed by atoms with E-state index in [0.717, 1.165) is 19.3 Å². The lowest BCUT2D eigenvalue weighted by Crippen LogP contribution is -2.49. The van der Waals surface area contributed by atoms with E-state index in [9.17, 15) is 14.9 Å². The number of nitrogens with two attached hydrogens (primary N) is 1. The van der Waals surface area contributed by atoms with E-state index in [1.54, 1.807) is 23.1 Å². The van der Waals surface area contributed by atoms with E-state index in [0.29, 0.717) is 18.8 Å². The van der Waals surface area contributed by atoms with Gasteiger partial charge in [0.2, 0.25) is 5.91 Å². The fraction of sp³-hybridized carbons (Fsp3) is 0.500. The molecule has 1 aromatic rings. The van der Waals surface area contributed by atoms with Crippen molar-refractivity contribution in [3.05, 3.63) is 34.4 Å². The van der Waals surface area contributed by atoms with Crippen LogP contribution in [0, 0.1) is 10.1 Å². The monoisotopic (exact) mass is 292 g/mol. The Morgan fingerprint density at radius 3 is 2.90 bits per heavy atom. The van der Waals surface area contributed by atoms with E-state index in [1.165, 1.54) is 6.07 Å². The quantitative estimate of drug-likeness (QED) is 0.630. The Bertz CT molecular complexity index is 521. The van der Waals surface area contributed by atoms with Crippen molar-refractivity contribution in [3.8, 4) is 0 Å². The van der Waals surface area contributed by atoms with Crippen LogP contribution in [0.4, 0.5) is 11.4 Å². The van der Waals surface area contributed by atoms with Crippen LogP contribution in [-0.2, 0) is 4.79 Å². The minimum Gasteiger partial charge on any atom is -0.371 e. The topological polar surface area (TPSA) is 102 Å². The van der Waals surface area contributed by atoms with Crippen molar-refractivity contribution in [2.45, 2.75) is 25.3 Å². The van der Waals surface area contributed by atoms with Gasteiger partial charge in [-0.15, -0.1) is 0 Å². The van der Waals surface area contributed by atoms with Crippen LogP contribution in [0.25, 0.3) is 0 Å². The van der Waals surface area contributed by atoms with Crippen LogP contribution in [0.2, 0.25) is 0 Å². The molecule has 7 heteroatoms. The molecule has 3 N–H and O–H groups in total. The molecule has 0 saturated carbocycles. The van der Waals surface area contributed by atoms with Gasteiger partial charge in [-0.3, -0.25) is 14.9 Å². The second-order valence-electron chi connectivity index (χ2n) is 5.10. The molecule has 1 aromatic carbocycles. The number of hydrogen-bond donors (Lipinski definition) is 2. The molecular weight excluding hydrogens is 272 g/mol. The summed E-state index contributed by atoms with van der Waals surface area (Å²) in [5.74, 6) is -0.0664. The average molecular weight is 292 g/mol. The molecular formula is C14H20N4O3. The second-order valence-corrected chi connectivity index (χ2v) is 5.10. The summed E-state index contributed by atoms with van der Waals surface area (Å²) >= 11 is 0. The summed E-state index contributed by atoms with van der Waals surface area (Å²) in [7, 11) is 0. The largest absolute Gasteiger partial charge is 0.371 e. The maximum Gasteiger partial charge on any atom is 0.292 e. The SMILES string of the molecule is NCC1CCCCN1C(=O)CNc1ccccc1[N+](=O)[O-]. The van der Waals surface area contributed by atoms with Gasteiger partial charge in [0.1, 0.15) is 5.69 Å². The van der Waals surface area contributed by atoms with E-state index in [4.69, 9.17) is 5.73 Å². The number of carbonyl (C=O) groups is 1. The number of likely N-dealkylation sites (tertiary alicyclic amines) is 1. The van der Waals surface area contributed by atoms with Gasteiger partial charge in [-0.2, -0.15) is 0 Å². The van der Waals surface area contributed by atoms with Crippen molar-refractivity contribution in [1.29, 1.82) is 0 Å². The smallest absolute Gasteiger partial charge is 0.292 e. The van der Waals surface area contributed by atoms with Gasteiger partial charge in [0.05, 0.1) is 11.5 Å². The zero-order valence-electron chi connectivity index (χ0n) is 11.8. The first-order valence-corrected chi connectivity index (χ1v) is 7.10. The van der Waals surface area contributed by atoms with Crippen LogP contribution in [0.3, 0.4) is 0 Å². The Morgan fingerprint density at radius 2 is 2.19 bits per heavy atom. The Labute approximate surface area is 123 Å². The fourth-order valence-corrected chi connectivity index (χ4v) is 2.63. The van der Waals surface area contributed by atoms with Crippen molar-refractivity contribution in [2.24, 2.45) is 5.73 Å². The third kappa shape index (κ3) is 3.69. The summed E-state index contributed by atoms with van der Waals surface area (Å²) in [5, 5.41) is 13.8. The van der Waals surface area contributed by atoms with Gasteiger partial charge in [-0.25, -0.2) is 0 Å². The molecule has 7 nitrogen and oxygen atoms in total. The summed E-state index contributed by atoms with van der Waals surface area (Å²) in [5.41, 5.74) is 6.03. The Balaban J connectivity index is 1.99. The molecule has 0 bridgehead atoms. The van der Waals surface area contributed by atoms with Gasteiger partial charge in [0, 0.05) is 25.2 Å². The predicted molar refractivity (Wildman–Crippen MR) is 80.0 cm³/mol. The van der Waals surface area contributed by atoms with Crippen LogP contribution >= 0.6 is 0 Å². The zero-order valence-corrected chi connectivity index (χ0v) is 11.8. The highest BCUT2D eigenvalue weighted by molar-refractivity contribution is 5.82. The Hall–Kier alpha value is -2.15. The lowest BCUT2D eigenvalue weighted by molar-refractivity contribution is -0.383. The number of nitrogens with one attached hydrogen (secondary N) is 1. The summed E-state index contributed by atoms with van der Waals surface area (Å²) in [6.45, 7) is 1.21. The fourth-order valence-electron chi connectivity index (χ4n) is 2.63. The highest BCUT2D eigenvalue weighted by atomic mass is 16.6. The van der Waals surface area contributed by atoms with E-state index < -0.39 is 4.92 Å². The Morgan fingerprint density at radius 1 is 1.43 bits per heavy atom. The normalized spacial score (nSPS) is 18.3. The molecule has 1 aliphatic heterocycles. The number of nitro benzene ring substituents is 1. The van der Waals surface area contributed by atoms with Crippen LogP contribution in [0.15, 0.2) is 24.3 Å². The van der Waals surface area contributed by atoms with Crippen molar-refractivity contribution in [3.63, 3.8) is 0 Å². The van der Waals surface area contributed by atoms with Crippen LogP contribution < -0.4 is 11.1 Å². The number of amides is 1. The third-order valence-electron chi connectivity index (χ3n) is 3.75. The number of hydrogen-bond acceptors (Lipinski definition) is 5. The molecule has 0 aromatic heterocycles. The number of carbonyl (C=O) groups excluding carboxylic acids is 1. The summed E-state index contributed by atoms with van der Waals surface area (Å²) in [6.07, 6.45) is 2.99. The molecule has 0 radical (unpaired) electrons. The molecule has 21 heavy (non-hydrogen) atoms. The lowest BCUT2D eigenvalue weighted by Gasteiger charge is -2.35. The first-order valence-electron chi connectivity index (χ1n) is 7.10. The van der Waals surface area contributed by atoms with Gasteiger partial charge < -0.3 is 16.0 Å². The molecule has 114 valence electrons. The highest BCUT2D eigenvalue weighted by Crippen LogP contribution is 2.23. The van der Waals surface area contributed by atoms with Gasteiger partial charge in [-0.05, 0) is 25.3 Å². The number of nitro groups is 1. The average Bonchev–Trinajstić information content (AvgIpc) is 2.52. The van der Waals surface area contributed by atoms with Gasteiger partial charge in [0.25, 0.3) is 5.69 Å². The molecule has 1 unspecified atom stereocenters. The summed E-state index contributed by atoms with van der Waals surface area (Å²) in [4.78, 5) is 24.5. The zero-order chi connectivity index (χ0) is 15.2. The van der Waals surface area contributed by atoms with Crippen LogP contribution in [-0.4, -0.2) is 41.4 Å². The molecule has 1 atom stereocenters. The minimum atomic E-state index is -0.462. The van der Waals surface area contributed by atoms with E-state index in [1.807, 2.05) is 0 Å². The Kier molecular flexibility index (Phi) is 5.10. The van der Waals surface area contributed by atoms with Crippen LogP contribution in [0.5, 0.6) is 0 Å². The molecule has 0 spiro atoms. The molecule has 2 rings (SSSR count). The second kappa shape index (κ2) is 7.03. The number of anilines is 1. The molecule has 1 aliphatic rings. The number of rotatable bonds is 5. The number of para-hydroxylation sites is 2.